The lowest BCUT2D eigenvalue weighted by Crippen LogP contribution is -2.20. The number of methoxy groups -OCH3 is 1. The van der Waals surface area contributed by atoms with Crippen LogP contribution in [-0.4, -0.2) is 13.0 Å². The average Bonchev–Trinajstić information content (AvgIpc) is 3.32. The summed E-state index contributed by atoms with van der Waals surface area (Å²) < 4.78 is 11.0. The topological polar surface area (TPSA) is 118 Å². The van der Waals surface area contributed by atoms with E-state index in [-0.39, 0.29) is 5.56 Å². The van der Waals surface area contributed by atoms with Crippen LogP contribution in [0.15, 0.2) is 72.4 Å². The second-order valence-electron chi connectivity index (χ2n) is 7.08. The highest BCUT2D eigenvalue weighted by molar-refractivity contribution is 6.05. The van der Waals surface area contributed by atoms with Crippen molar-refractivity contribution < 1.29 is 13.9 Å². The van der Waals surface area contributed by atoms with Gasteiger partial charge in [0.1, 0.15) is 16.9 Å². The van der Waals surface area contributed by atoms with E-state index >= 15 is 0 Å². The fourth-order valence-electron chi connectivity index (χ4n) is 3.40. The molecule has 0 aliphatic carbocycles. The minimum Gasteiger partial charge on any atom is -0.496 e. The lowest BCUT2D eigenvalue weighted by molar-refractivity contribution is 0.102. The number of unbranched alkanes of at least 4 members (excludes halogenated alkanes) is 1. The summed E-state index contributed by atoms with van der Waals surface area (Å²) in [5, 5.41) is 18.1. The van der Waals surface area contributed by atoms with Crippen LogP contribution >= 0.6 is 0 Å². The van der Waals surface area contributed by atoms with E-state index in [2.05, 4.69) is 32.9 Å². The number of benzene rings is 2. The first-order chi connectivity index (χ1) is 15.1. The SMILES string of the molecule is CCCCc1c(OC)ccc2cc(C(=O)Nc3ccc(C4N=NN=N4)cc3)c(=O)oc12. The molecule has 9 heteroatoms. The fraction of sp³-hybridized carbons (Fsp3) is 0.273. The summed E-state index contributed by atoms with van der Waals surface area (Å²) in [5.74, 6) is 0.122. The molecule has 0 atom stereocenters. The number of aryl methyl sites for hydroxylation is 1. The van der Waals surface area contributed by atoms with Crippen LogP contribution in [0.4, 0.5) is 5.69 Å². The summed E-state index contributed by atoms with van der Waals surface area (Å²) in [7, 11) is 1.58. The van der Waals surface area contributed by atoms with E-state index in [0.717, 1.165) is 30.4 Å². The van der Waals surface area contributed by atoms with Crippen molar-refractivity contribution in [1.29, 1.82) is 0 Å². The Morgan fingerprint density at radius 3 is 2.55 bits per heavy atom. The van der Waals surface area contributed by atoms with E-state index in [1.165, 1.54) is 0 Å². The van der Waals surface area contributed by atoms with E-state index in [4.69, 9.17) is 9.15 Å². The molecule has 0 bridgehead atoms. The molecule has 1 amide bonds. The van der Waals surface area contributed by atoms with Crippen molar-refractivity contribution in [2.45, 2.75) is 32.4 Å². The molecule has 1 aromatic heterocycles. The number of hydrogen-bond acceptors (Lipinski definition) is 8. The van der Waals surface area contributed by atoms with E-state index in [0.29, 0.717) is 22.4 Å². The molecular formula is C22H21N5O4. The molecule has 3 aromatic rings. The summed E-state index contributed by atoms with van der Waals surface area (Å²) in [6, 6.07) is 12.1. The number of ether oxygens (including phenoxy) is 1. The molecule has 0 saturated heterocycles. The number of anilines is 1. The van der Waals surface area contributed by atoms with Crippen LogP contribution in [-0.2, 0) is 6.42 Å². The maximum absolute atomic E-state index is 12.7. The van der Waals surface area contributed by atoms with Crippen LogP contribution in [0.3, 0.4) is 0 Å². The zero-order valence-electron chi connectivity index (χ0n) is 17.2. The van der Waals surface area contributed by atoms with Gasteiger partial charge < -0.3 is 14.5 Å². The van der Waals surface area contributed by atoms with Crippen LogP contribution in [0.25, 0.3) is 11.0 Å². The highest BCUT2D eigenvalue weighted by Gasteiger charge is 2.18. The first kappa shape index (κ1) is 20.4. The van der Waals surface area contributed by atoms with Crippen molar-refractivity contribution in [3.8, 4) is 5.75 Å². The van der Waals surface area contributed by atoms with E-state index in [1.807, 2.05) is 6.07 Å². The van der Waals surface area contributed by atoms with Gasteiger partial charge in [-0.2, -0.15) is 0 Å². The van der Waals surface area contributed by atoms with Gasteiger partial charge >= 0.3 is 5.63 Å². The second kappa shape index (κ2) is 8.86. The molecule has 0 spiro atoms. The lowest BCUT2D eigenvalue weighted by Gasteiger charge is -2.11. The Kier molecular flexibility index (Phi) is 5.83. The lowest BCUT2D eigenvalue weighted by atomic mass is 10.0. The Hall–Kier alpha value is -3.88. The first-order valence-corrected chi connectivity index (χ1v) is 9.95. The van der Waals surface area contributed by atoms with E-state index in [1.54, 1.807) is 43.5 Å². The number of carbonyl (C=O) groups excluding carboxylic acids is 1. The number of nitrogens with zero attached hydrogens (tertiary/aromatic N) is 4. The third-order valence-corrected chi connectivity index (χ3v) is 5.04. The highest BCUT2D eigenvalue weighted by atomic mass is 16.5. The molecule has 31 heavy (non-hydrogen) atoms. The second-order valence-corrected chi connectivity index (χ2v) is 7.08. The highest BCUT2D eigenvalue weighted by Crippen LogP contribution is 2.29. The largest absolute Gasteiger partial charge is 0.496 e. The van der Waals surface area contributed by atoms with Gasteiger partial charge in [-0.25, -0.2) is 4.79 Å². The van der Waals surface area contributed by atoms with Crippen LogP contribution in [0.5, 0.6) is 5.75 Å². The zero-order valence-corrected chi connectivity index (χ0v) is 17.2. The standard InChI is InChI=1S/C22H21N5O4/c1-3-4-5-16-18(30-2)11-8-14-12-17(22(29)31-19(14)16)21(28)23-15-9-6-13(7-10-15)20-24-26-27-25-20/h6-12,20H,3-5H2,1-2H3,(H,23,28). The molecule has 158 valence electrons. The van der Waals surface area contributed by atoms with Gasteiger partial charge in [0, 0.05) is 22.2 Å². The Labute approximate surface area is 177 Å². The Morgan fingerprint density at radius 2 is 1.87 bits per heavy atom. The van der Waals surface area contributed by atoms with Crippen LogP contribution in [0.2, 0.25) is 0 Å². The number of carbonyl (C=O) groups is 1. The van der Waals surface area contributed by atoms with Gasteiger partial charge in [-0.15, -0.1) is 10.2 Å². The molecule has 1 aliphatic rings. The summed E-state index contributed by atoms with van der Waals surface area (Å²) in [6.07, 6.45) is 2.19. The maximum atomic E-state index is 12.7. The molecule has 1 aliphatic heterocycles. The number of fused-ring (bicyclic) bond motifs is 1. The molecule has 0 radical (unpaired) electrons. The molecule has 2 aromatic carbocycles. The van der Waals surface area contributed by atoms with E-state index < -0.39 is 17.7 Å². The molecule has 1 N–H and O–H groups in total. The maximum Gasteiger partial charge on any atom is 0.349 e. The first-order valence-electron chi connectivity index (χ1n) is 9.95. The van der Waals surface area contributed by atoms with Gasteiger partial charge in [0.25, 0.3) is 5.91 Å². The molecule has 0 unspecified atom stereocenters. The van der Waals surface area contributed by atoms with E-state index in [9.17, 15) is 9.59 Å². The quantitative estimate of drug-likeness (QED) is 0.528. The third-order valence-electron chi connectivity index (χ3n) is 5.04. The Bertz CT molecular complexity index is 1220. The summed E-state index contributed by atoms with van der Waals surface area (Å²) in [5.41, 5.74) is 1.85. The molecule has 0 fully saturated rings. The van der Waals surface area contributed by atoms with Crippen molar-refractivity contribution >= 4 is 22.6 Å². The normalized spacial score (nSPS) is 13.1. The summed E-state index contributed by atoms with van der Waals surface area (Å²) >= 11 is 0. The van der Waals surface area contributed by atoms with Gasteiger partial charge in [-0.1, -0.05) is 25.5 Å². The smallest absolute Gasteiger partial charge is 0.349 e. The fourth-order valence-corrected chi connectivity index (χ4v) is 3.40. The number of nitrogens with one attached hydrogen (secondary N) is 1. The van der Waals surface area contributed by atoms with Crippen LogP contribution in [0, 0.1) is 0 Å². The Balaban J connectivity index is 1.60. The predicted molar refractivity (Wildman–Crippen MR) is 114 cm³/mol. The van der Waals surface area contributed by atoms with Crippen LogP contribution < -0.4 is 15.7 Å². The van der Waals surface area contributed by atoms with Gasteiger partial charge in [0.2, 0.25) is 6.17 Å². The average molecular weight is 419 g/mol. The molecule has 0 saturated carbocycles. The van der Waals surface area contributed by atoms with Crippen molar-refractivity contribution in [2.24, 2.45) is 20.7 Å². The minimum absolute atomic E-state index is 0.0680. The van der Waals surface area contributed by atoms with Gasteiger partial charge in [0.15, 0.2) is 0 Å². The molecular weight excluding hydrogens is 398 g/mol. The minimum atomic E-state index is -0.695. The van der Waals surface area contributed by atoms with Crippen molar-refractivity contribution in [3.63, 3.8) is 0 Å². The van der Waals surface area contributed by atoms with Gasteiger partial charge in [-0.3, -0.25) is 4.79 Å². The monoisotopic (exact) mass is 419 g/mol. The van der Waals surface area contributed by atoms with Crippen molar-refractivity contribution in [1.82, 2.24) is 0 Å². The zero-order chi connectivity index (χ0) is 21.8. The third kappa shape index (κ3) is 4.20. The molecule has 4 rings (SSSR count). The number of hydrogen-bond donors (Lipinski definition) is 1. The van der Waals surface area contributed by atoms with Gasteiger partial charge in [-0.05, 0) is 53.6 Å². The molecule has 9 nitrogen and oxygen atoms in total. The van der Waals surface area contributed by atoms with Crippen LogP contribution in [0.1, 0.15) is 47.4 Å². The summed E-state index contributed by atoms with van der Waals surface area (Å²) in [6.45, 7) is 2.09. The van der Waals surface area contributed by atoms with Crippen molar-refractivity contribution in [3.05, 3.63) is 69.6 Å². The predicted octanol–water partition coefficient (Wildman–Crippen LogP) is 5.23. The van der Waals surface area contributed by atoms with Crippen molar-refractivity contribution in [2.75, 3.05) is 12.4 Å². The number of rotatable bonds is 7. The number of amides is 1. The summed E-state index contributed by atoms with van der Waals surface area (Å²) in [4.78, 5) is 25.3. The Morgan fingerprint density at radius 1 is 1.13 bits per heavy atom. The van der Waals surface area contributed by atoms with Gasteiger partial charge in [0.05, 0.1) is 7.11 Å². The molecule has 2 heterocycles.